The average Bonchev–Trinajstić information content (AvgIpc) is 2.62. The van der Waals surface area contributed by atoms with Crippen molar-refractivity contribution in [2.24, 2.45) is 0 Å². The van der Waals surface area contributed by atoms with E-state index in [-0.39, 0.29) is 12.1 Å². The van der Waals surface area contributed by atoms with Crippen LogP contribution in [0.15, 0.2) is 48.5 Å². The second kappa shape index (κ2) is 9.08. The van der Waals surface area contributed by atoms with Crippen molar-refractivity contribution in [1.29, 1.82) is 0 Å². The van der Waals surface area contributed by atoms with Gasteiger partial charge in [-0.1, -0.05) is 19.1 Å². The van der Waals surface area contributed by atoms with E-state index in [2.05, 4.69) is 6.92 Å². The number of esters is 1. The van der Waals surface area contributed by atoms with E-state index in [1.54, 1.807) is 31.4 Å². The van der Waals surface area contributed by atoms with Crippen LogP contribution in [0.2, 0.25) is 0 Å². The summed E-state index contributed by atoms with van der Waals surface area (Å²) in [5.74, 6) is 0.895. The molecule has 0 spiro atoms. The molecule has 0 aliphatic rings. The molecule has 0 radical (unpaired) electrons. The molecular formula is C20H24O4. The van der Waals surface area contributed by atoms with Crippen LogP contribution in [0.5, 0.6) is 11.5 Å². The lowest BCUT2D eigenvalue weighted by molar-refractivity contribution is 0.0734. The number of aryl methyl sites for hydroxylation is 1. The van der Waals surface area contributed by atoms with Crippen molar-refractivity contribution < 1.29 is 19.0 Å². The molecule has 2 aromatic carbocycles. The van der Waals surface area contributed by atoms with Crippen molar-refractivity contribution in [3.63, 3.8) is 0 Å². The van der Waals surface area contributed by atoms with E-state index in [0.717, 1.165) is 18.6 Å². The first-order valence-electron chi connectivity index (χ1n) is 8.19. The normalized spacial score (nSPS) is 11.8. The Labute approximate surface area is 143 Å². The van der Waals surface area contributed by atoms with Crippen LogP contribution in [0.3, 0.4) is 0 Å². The van der Waals surface area contributed by atoms with Crippen molar-refractivity contribution >= 4 is 5.97 Å². The van der Waals surface area contributed by atoms with Crippen LogP contribution in [0.1, 0.15) is 36.2 Å². The first-order valence-corrected chi connectivity index (χ1v) is 8.19. The molecule has 0 aliphatic carbocycles. The summed E-state index contributed by atoms with van der Waals surface area (Å²) in [7, 11) is 1.68. The van der Waals surface area contributed by atoms with Gasteiger partial charge in [-0.3, -0.25) is 0 Å². The van der Waals surface area contributed by atoms with E-state index < -0.39 is 0 Å². The van der Waals surface area contributed by atoms with Crippen molar-refractivity contribution in [3.05, 3.63) is 59.7 Å². The predicted octanol–water partition coefficient (Wildman–Crippen LogP) is 4.27. The molecule has 0 bridgehead atoms. The molecule has 0 saturated carbocycles. The zero-order valence-corrected chi connectivity index (χ0v) is 14.5. The second-order valence-electron chi connectivity index (χ2n) is 5.59. The molecule has 0 heterocycles. The third kappa shape index (κ3) is 5.39. The number of methoxy groups -OCH3 is 1. The maximum absolute atomic E-state index is 12.1. The molecule has 0 fully saturated rings. The fraction of sp³-hybridized carbons (Fsp3) is 0.350. The molecule has 0 N–H and O–H groups in total. The minimum absolute atomic E-state index is 0.165. The quantitative estimate of drug-likeness (QED) is 0.536. The van der Waals surface area contributed by atoms with Gasteiger partial charge < -0.3 is 14.2 Å². The molecule has 2 rings (SSSR count). The maximum Gasteiger partial charge on any atom is 0.343 e. The van der Waals surface area contributed by atoms with Gasteiger partial charge in [0, 0.05) is 13.5 Å². The second-order valence-corrected chi connectivity index (χ2v) is 5.59. The van der Waals surface area contributed by atoms with Crippen LogP contribution < -0.4 is 9.47 Å². The molecule has 0 aliphatic heterocycles. The van der Waals surface area contributed by atoms with Crippen molar-refractivity contribution in [2.75, 3.05) is 13.7 Å². The van der Waals surface area contributed by atoms with Gasteiger partial charge in [0.05, 0.1) is 18.3 Å². The highest BCUT2D eigenvalue weighted by Crippen LogP contribution is 2.17. The van der Waals surface area contributed by atoms with Crippen molar-refractivity contribution in [2.45, 2.75) is 32.8 Å². The highest BCUT2D eigenvalue weighted by atomic mass is 16.5. The summed E-state index contributed by atoms with van der Waals surface area (Å²) in [6.07, 6.45) is 1.94. The number of hydrogen-bond acceptors (Lipinski definition) is 4. The number of hydrogen-bond donors (Lipinski definition) is 0. The Bertz CT molecular complexity index is 632. The molecule has 4 nitrogen and oxygen atoms in total. The van der Waals surface area contributed by atoms with Crippen LogP contribution in [-0.4, -0.2) is 25.8 Å². The fourth-order valence-electron chi connectivity index (χ4n) is 2.11. The molecule has 2 aromatic rings. The fourth-order valence-corrected chi connectivity index (χ4v) is 2.11. The summed E-state index contributed by atoms with van der Waals surface area (Å²) < 4.78 is 16.2. The van der Waals surface area contributed by atoms with Crippen LogP contribution in [0.25, 0.3) is 0 Å². The Balaban J connectivity index is 1.88. The lowest BCUT2D eigenvalue weighted by atomic mass is 10.2. The topological polar surface area (TPSA) is 44.8 Å². The lowest BCUT2D eigenvalue weighted by Gasteiger charge is -2.11. The van der Waals surface area contributed by atoms with Gasteiger partial charge in [0.2, 0.25) is 0 Å². The highest BCUT2D eigenvalue weighted by molar-refractivity contribution is 5.91. The van der Waals surface area contributed by atoms with E-state index in [4.69, 9.17) is 14.2 Å². The van der Waals surface area contributed by atoms with Crippen molar-refractivity contribution in [3.8, 4) is 11.5 Å². The molecule has 24 heavy (non-hydrogen) atoms. The van der Waals surface area contributed by atoms with Gasteiger partial charge in [-0.05, 0) is 55.3 Å². The molecule has 0 aromatic heterocycles. The molecule has 1 atom stereocenters. The summed E-state index contributed by atoms with van der Waals surface area (Å²) >= 11 is 0. The SMILES string of the molecule is CCc1ccc(OC(=O)c2ccc(OCCC(C)OC)cc2)cc1. The smallest absolute Gasteiger partial charge is 0.343 e. The number of ether oxygens (including phenoxy) is 3. The van der Waals surface area contributed by atoms with Gasteiger partial charge in [-0.2, -0.15) is 0 Å². The van der Waals surface area contributed by atoms with Gasteiger partial charge >= 0.3 is 5.97 Å². The Morgan fingerprint density at radius 1 is 1.00 bits per heavy atom. The van der Waals surface area contributed by atoms with Crippen LogP contribution in [0, 0.1) is 0 Å². The summed E-state index contributed by atoms with van der Waals surface area (Å²) in [6.45, 7) is 4.65. The first-order chi connectivity index (χ1) is 11.6. The van der Waals surface area contributed by atoms with Gasteiger partial charge in [0.1, 0.15) is 11.5 Å². The monoisotopic (exact) mass is 328 g/mol. The summed E-state index contributed by atoms with van der Waals surface area (Å²) in [6, 6.07) is 14.5. The average molecular weight is 328 g/mol. The van der Waals surface area contributed by atoms with Crippen LogP contribution >= 0.6 is 0 Å². The third-order valence-corrected chi connectivity index (χ3v) is 3.83. The molecule has 0 amide bonds. The number of benzene rings is 2. The van der Waals surface area contributed by atoms with Gasteiger partial charge in [0.15, 0.2) is 0 Å². The zero-order chi connectivity index (χ0) is 17.4. The lowest BCUT2D eigenvalue weighted by Crippen LogP contribution is -2.11. The first kappa shape index (κ1) is 18.0. The van der Waals surface area contributed by atoms with E-state index >= 15 is 0 Å². The molecule has 1 unspecified atom stereocenters. The standard InChI is InChI=1S/C20H24O4/c1-4-16-5-9-19(10-6-16)24-20(21)17-7-11-18(12-8-17)23-14-13-15(2)22-3/h5-12,15H,4,13-14H2,1-3H3. The van der Waals surface area contributed by atoms with Gasteiger partial charge in [0.25, 0.3) is 0 Å². The van der Waals surface area contributed by atoms with E-state index in [9.17, 15) is 4.79 Å². The third-order valence-electron chi connectivity index (χ3n) is 3.83. The van der Waals surface area contributed by atoms with E-state index in [0.29, 0.717) is 17.9 Å². The molecule has 0 saturated heterocycles. The molecule has 128 valence electrons. The Morgan fingerprint density at radius 3 is 2.21 bits per heavy atom. The predicted molar refractivity (Wildman–Crippen MR) is 93.8 cm³/mol. The van der Waals surface area contributed by atoms with Crippen LogP contribution in [-0.2, 0) is 11.2 Å². The summed E-state index contributed by atoms with van der Waals surface area (Å²) in [5, 5.41) is 0. The van der Waals surface area contributed by atoms with E-state index in [1.807, 2.05) is 31.2 Å². The Hall–Kier alpha value is -2.33. The minimum Gasteiger partial charge on any atom is -0.493 e. The van der Waals surface area contributed by atoms with Crippen LogP contribution in [0.4, 0.5) is 0 Å². The minimum atomic E-state index is -0.376. The van der Waals surface area contributed by atoms with Gasteiger partial charge in [-0.15, -0.1) is 0 Å². The van der Waals surface area contributed by atoms with Crippen molar-refractivity contribution in [1.82, 2.24) is 0 Å². The zero-order valence-electron chi connectivity index (χ0n) is 14.5. The Morgan fingerprint density at radius 2 is 1.62 bits per heavy atom. The largest absolute Gasteiger partial charge is 0.493 e. The Kier molecular flexibility index (Phi) is 6.82. The number of rotatable bonds is 8. The number of carbonyl (C=O) groups excluding carboxylic acids is 1. The highest BCUT2D eigenvalue weighted by Gasteiger charge is 2.09. The summed E-state index contributed by atoms with van der Waals surface area (Å²) in [4.78, 5) is 12.1. The van der Waals surface area contributed by atoms with Gasteiger partial charge in [-0.25, -0.2) is 4.79 Å². The molecule has 4 heteroatoms. The van der Waals surface area contributed by atoms with E-state index in [1.165, 1.54) is 5.56 Å². The maximum atomic E-state index is 12.1. The number of carbonyl (C=O) groups is 1. The summed E-state index contributed by atoms with van der Waals surface area (Å²) in [5.41, 5.74) is 1.70. The molecular weight excluding hydrogens is 304 g/mol.